The predicted octanol–water partition coefficient (Wildman–Crippen LogP) is 2.57. The second kappa shape index (κ2) is 5.30. The highest BCUT2D eigenvalue weighted by atomic mass is 16.4. The van der Waals surface area contributed by atoms with Crippen molar-refractivity contribution in [3.05, 3.63) is 41.0 Å². The number of aryl methyl sites for hydroxylation is 1. The van der Waals surface area contributed by atoms with E-state index in [0.717, 1.165) is 6.08 Å². The number of allylic oxidation sites excluding steroid dienone is 1. The molecule has 17 heavy (non-hydrogen) atoms. The number of rotatable bonds is 4. The van der Waals surface area contributed by atoms with Gasteiger partial charge in [-0.25, -0.2) is 9.59 Å². The summed E-state index contributed by atoms with van der Waals surface area (Å²) >= 11 is 0. The molecule has 0 fully saturated rings. The number of carboxylic acid groups (broad SMARTS) is 2. The molecule has 0 saturated heterocycles. The minimum Gasteiger partial charge on any atom is -0.478 e. The van der Waals surface area contributed by atoms with Crippen LogP contribution in [0.15, 0.2) is 24.3 Å². The Morgan fingerprint density at radius 3 is 2.41 bits per heavy atom. The minimum atomic E-state index is -1.03. The van der Waals surface area contributed by atoms with Gasteiger partial charge in [0.25, 0.3) is 0 Å². The maximum absolute atomic E-state index is 11.0. The van der Waals surface area contributed by atoms with Crippen LogP contribution in [0.5, 0.6) is 0 Å². The van der Waals surface area contributed by atoms with Crippen LogP contribution in [0.3, 0.4) is 0 Å². The third-order valence-corrected chi connectivity index (χ3v) is 2.52. The standard InChI is InChI=1S/C13H14O4/c1-3-9(7-12(14)15)10-5-4-8(2)11(6-10)13(16)17/h4-7H,3H2,1-2H3,(H,14,15)(H,16,17)/b9-7+. The van der Waals surface area contributed by atoms with Crippen molar-refractivity contribution >= 4 is 17.5 Å². The Balaban J connectivity index is 3.27. The van der Waals surface area contributed by atoms with Gasteiger partial charge in [-0.1, -0.05) is 19.1 Å². The average molecular weight is 234 g/mol. The first-order valence-corrected chi connectivity index (χ1v) is 5.23. The molecular weight excluding hydrogens is 220 g/mol. The Labute approximate surface area is 99.2 Å². The lowest BCUT2D eigenvalue weighted by atomic mass is 9.98. The molecule has 2 N–H and O–H groups in total. The fourth-order valence-corrected chi connectivity index (χ4v) is 1.59. The van der Waals surface area contributed by atoms with Crippen molar-refractivity contribution < 1.29 is 19.8 Å². The number of aromatic carboxylic acids is 1. The minimum absolute atomic E-state index is 0.201. The van der Waals surface area contributed by atoms with E-state index >= 15 is 0 Å². The zero-order valence-corrected chi connectivity index (χ0v) is 9.73. The summed E-state index contributed by atoms with van der Waals surface area (Å²) in [4.78, 5) is 21.6. The van der Waals surface area contributed by atoms with Crippen LogP contribution < -0.4 is 0 Å². The van der Waals surface area contributed by atoms with E-state index in [1.807, 2.05) is 6.92 Å². The average Bonchev–Trinajstić information content (AvgIpc) is 2.26. The van der Waals surface area contributed by atoms with E-state index in [1.165, 1.54) is 6.07 Å². The van der Waals surface area contributed by atoms with Gasteiger partial charge in [0.2, 0.25) is 0 Å². The Bertz CT molecular complexity index is 486. The molecule has 0 radical (unpaired) electrons. The number of aliphatic carboxylic acids is 1. The van der Waals surface area contributed by atoms with Gasteiger partial charge in [-0.3, -0.25) is 0 Å². The molecule has 1 aromatic carbocycles. The summed E-state index contributed by atoms with van der Waals surface area (Å²) in [5.74, 6) is -2.03. The van der Waals surface area contributed by atoms with Crippen molar-refractivity contribution in [1.82, 2.24) is 0 Å². The molecule has 0 saturated carbocycles. The lowest BCUT2D eigenvalue weighted by Crippen LogP contribution is -2.01. The summed E-state index contributed by atoms with van der Waals surface area (Å²) in [6, 6.07) is 4.93. The molecule has 4 heteroatoms. The van der Waals surface area contributed by atoms with Crippen LogP contribution in [0.4, 0.5) is 0 Å². The maximum atomic E-state index is 11.0. The van der Waals surface area contributed by atoms with Crippen molar-refractivity contribution in [3.8, 4) is 0 Å². The van der Waals surface area contributed by atoms with Gasteiger partial charge in [0.05, 0.1) is 5.56 Å². The molecular formula is C13H14O4. The summed E-state index contributed by atoms with van der Waals surface area (Å²) in [6.07, 6.45) is 1.64. The fourth-order valence-electron chi connectivity index (χ4n) is 1.59. The van der Waals surface area contributed by atoms with Gasteiger partial charge in [0.1, 0.15) is 0 Å². The van der Waals surface area contributed by atoms with E-state index < -0.39 is 11.9 Å². The molecule has 0 atom stereocenters. The molecule has 0 aromatic heterocycles. The summed E-state index contributed by atoms with van der Waals surface area (Å²) in [5, 5.41) is 17.7. The van der Waals surface area contributed by atoms with Crippen LogP contribution in [0.25, 0.3) is 5.57 Å². The van der Waals surface area contributed by atoms with E-state index in [9.17, 15) is 9.59 Å². The Hall–Kier alpha value is -2.10. The normalized spacial score (nSPS) is 11.3. The summed E-state index contributed by atoms with van der Waals surface area (Å²) in [6.45, 7) is 3.54. The molecule has 0 aliphatic carbocycles. The van der Waals surface area contributed by atoms with Crippen LogP contribution in [0, 0.1) is 6.92 Å². The monoisotopic (exact) mass is 234 g/mol. The zero-order valence-electron chi connectivity index (χ0n) is 9.73. The zero-order chi connectivity index (χ0) is 13.0. The molecule has 4 nitrogen and oxygen atoms in total. The lowest BCUT2D eigenvalue weighted by molar-refractivity contribution is -0.131. The molecule has 0 spiro atoms. The van der Waals surface area contributed by atoms with Crippen molar-refractivity contribution in [3.63, 3.8) is 0 Å². The predicted molar refractivity (Wildman–Crippen MR) is 64.0 cm³/mol. The van der Waals surface area contributed by atoms with Gasteiger partial charge in [-0.05, 0) is 36.1 Å². The smallest absolute Gasteiger partial charge is 0.335 e. The largest absolute Gasteiger partial charge is 0.478 e. The van der Waals surface area contributed by atoms with Gasteiger partial charge in [-0.2, -0.15) is 0 Å². The SMILES string of the molecule is CC/C(=C\C(=O)O)c1ccc(C)c(C(=O)O)c1. The summed E-state index contributed by atoms with van der Waals surface area (Å²) in [5.41, 5.74) is 2.11. The fraction of sp³-hybridized carbons (Fsp3) is 0.231. The summed E-state index contributed by atoms with van der Waals surface area (Å²) in [7, 11) is 0. The van der Waals surface area contributed by atoms with Gasteiger partial charge >= 0.3 is 11.9 Å². The molecule has 1 aromatic rings. The van der Waals surface area contributed by atoms with Crippen molar-refractivity contribution in [1.29, 1.82) is 0 Å². The molecule has 0 heterocycles. The first-order valence-electron chi connectivity index (χ1n) is 5.23. The van der Waals surface area contributed by atoms with Gasteiger partial charge in [0.15, 0.2) is 0 Å². The van der Waals surface area contributed by atoms with Gasteiger partial charge < -0.3 is 10.2 Å². The van der Waals surface area contributed by atoms with Crippen LogP contribution >= 0.6 is 0 Å². The number of hydrogen-bond acceptors (Lipinski definition) is 2. The molecule has 0 aliphatic heterocycles. The van der Waals surface area contributed by atoms with Crippen LogP contribution in [0.2, 0.25) is 0 Å². The van der Waals surface area contributed by atoms with E-state index in [4.69, 9.17) is 10.2 Å². The number of benzene rings is 1. The van der Waals surface area contributed by atoms with Crippen LogP contribution in [-0.2, 0) is 4.79 Å². The highest BCUT2D eigenvalue weighted by Crippen LogP contribution is 2.21. The highest BCUT2D eigenvalue weighted by molar-refractivity contribution is 5.93. The van der Waals surface area contributed by atoms with E-state index in [2.05, 4.69) is 0 Å². The Morgan fingerprint density at radius 1 is 1.29 bits per heavy atom. The van der Waals surface area contributed by atoms with Gasteiger partial charge in [0, 0.05) is 6.08 Å². The van der Waals surface area contributed by atoms with E-state index in [1.54, 1.807) is 19.1 Å². The molecule has 0 unspecified atom stereocenters. The third-order valence-electron chi connectivity index (χ3n) is 2.52. The Kier molecular flexibility index (Phi) is 4.04. The highest BCUT2D eigenvalue weighted by Gasteiger charge is 2.10. The van der Waals surface area contributed by atoms with Crippen molar-refractivity contribution in [2.75, 3.05) is 0 Å². The van der Waals surface area contributed by atoms with E-state index in [-0.39, 0.29) is 5.56 Å². The molecule has 1 rings (SSSR count). The number of carbonyl (C=O) groups is 2. The third kappa shape index (κ3) is 3.17. The quantitative estimate of drug-likeness (QED) is 0.785. The maximum Gasteiger partial charge on any atom is 0.335 e. The van der Waals surface area contributed by atoms with Gasteiger partial charge in [-0.15, -0.1) is 0 Å². The molecule has 0 bridgehead atoms. The van der Waals surface area contributed by atoms with E-state index in [0.29, 0.717) is 23.1 Å². The second-order valence-electron chi connectivity index (χ2n) is 3.70. The van der Waals surface area contributed by atoms with Crippen LogP contribution in [-0.4, -0.2) is 22.2 Å². The number of carboxylic acids is 2. The number of hydrogen-bond donors (Lipinski definition) is 2. The molecule has 90 valence electrons. The first kappa shape index (κ1) is 13.0. The second-order valence-corrected chi connectivity index (χ2v) is 3.70. The Morgan fingerprint density at radius 2 is 1.94 bits per heavy atom. The topological polar surface area (TPSA) is 74.6 Å². The summed E-state index contributed by atoms with van der Waals surface area (Å²) < 4.78 is 0. The van der Waals surface area contributed by atoms with Crippen molar-refractivity contribution in [2.45, 2.75) is 20.3 Å². The lowest BCUT2D eigenvalue weighted by Gasteiger charge is -2.07. The van der Waals surface area contributed by atoms with Crippen LogP contribution in [0.1, 0.15) is 34.8 Å². The molecule has 0 aliphatic rings. The first-order chi connectivity index (χ1) is 7.95. The molecule has 0 amide bonds. The van der Waals surface area contributed by atoms with Crippen molar-refractivity contribution in [2.24, 2.45) is 0 Å².